The van der Waals surface area contributed by atoms with Crippen LogP contribution in [0, 0.1) is 0 Å². The standard InChI is InChI=1S/C15H14Cl2N2O4S2/c1-23-15(20)12-8-24-14(18-12)7-19(10-3-4-10)25(21,22)13-6-9(16)2-5-11(13)17/h2,5-6,8,10H,3-4,7H2,1H3. The van der Waals surface area contributed by atoms with Crippen molar-refractivity contribution in [3.8, 4) is 0 Å². The monoisotopic (exact) mass is 420 g/mol. The zero-order valence-corrected chi connectivity index (χ0v) is 16.3. The first-order chi connectivity index (χ1) is 11.8. The largest absolute Gasteiger partial charge is 0.464 e. The third kappa shape index (κ3) is 3.98. The first-order valence-corrected chi connectivity index (χ1v) is 10.4. The summed E-state index contributed by atoms with van der Waals surface area (Å²) < 4.78 is 32.1. The molecule has 1 fully saturated rings. The summed E-state index contributed by atoms with van der Waals surface area (Å²) in [6.07, 6.45) is 1.54. The Morgan fingerprint density at radius 2 is 2.12 bits per heavy atom. The van der Waals surface area contributed by atoms with E-state index in [1.807, 2.05) is 0 Å². The first kappa shape index (κ1) is 18.6. The van der Waals surface area contributed by atoms with Crippen LogP contribution in [0.25, 0.3) is 0 Å². The fraction of sp³-hybridized carbons (Fsp3) is 0.333. The van der Waals surface area contributed by atoms with Crippen LogP contribution in [0.3, 0.4) is 0 Å². The average molecular weight is 421 g/mol. The van der Waals surface area contributed by atoms with E-state index < -0.39 is 16.0 Å². The number of aromatic nitrogens is 1. The smallest absolute Gasteiger partial charge is 0.357 e. The molecule has 3 rings (SSSR count). The SMILES string of the molecule is COC(=O)c1csc(CN(C2CC2)S(=O)(=O)c2cc(Cl)ccc2Cl)n1. The van der Waals surface area contributed by atoms with Crippen LogP contribution in [0.2, 0.25) is 10.0 Å². The highest BCUT2D eigenvalue weighted by Crippen LogP contribution is 2.36. The Bertz CT molecular complexity index is 910. The fourth-order valence-corrected chi connectivity index (χ4v) is 5.52. The Balaban J connectivity index is 1.92. The van der Waals surface area contributed by atoms with Crippen LogP contribution in [-0.4, -0.2) is 36.8 Å². The van der Waals surface area contributed by atoms with Gasteiger partial charge in [0.05, 0.1) is 18.7 Å². The number of ether oxygens (including phenoxy) is 1. The van der Waals surface area contributed by atoms with Gasteiger partial charge in [0.1, 0.15) is 9.90 Å². The summed E-state index contributed by atoms with van der Waals surface area (Å²) in [6.45, 7) is 0.0670. The normalized spacial score (nSPS) is 14.7. The molecule has 134 valence electrons. The molecule has 1 saturated carbocycles. The summed E-state index contributed by atoms with van der Waals surface area (Å²) in [5, 5.41) is 2.46. The fourth-order valence-electron chi connectivity index (χ4n) is 2.29. The number of benzene rings is 1. The molecule has 0 N–H and O–H groups in total. The molecule has 1 aromatic heterocycles. The topological polar surface area (TPSA) is 76.6 Å². The van der Waals surface area contributed by atoms with E-state index in [-0.39, 0.29) is 28.2 Å². The molecule has 25 heavy (non-hydrogen) atoms. The highest BCUT2D eigenvalue weighted by atomic mass is 35.5. The van der Waals surface area contributed by atoms with Crippen LogP contribution in [0.1, 0.15) is 28.3 Å². The quantitative estimate of drug-likeness (QED) is 0.667. The highest BCUT2D eigenvalue weighted by molar-refractivity contribution is 7.89. The van der Waals surface area contributed by atoms with Crippen molar-refractivity contribution in [2.24, 2.45) is 0 Å². The molecule has 0 radical (unpaired) electrons. The van der Waals surface area contributed by atoms with Gasteiger partial charge in [-0.25, -0.2) is 18.2 Å². The Labute approximate surface area is 159 Å². The van der Waals surface area contributed by atoms with Crippen molar-refractivity contribution in [3.63, 3.8) is 0 Å². The molecule has 10 heteroatoms. The molecule has 0 aliphatic heterocycles. The number of rotatable bonds is 6. The lowest BCUT2D eigenvalue weighted by atomic mass is 10.4. The van der Waals surface area contributed by atoms with Gasteiger partial charge in [-0.05, 0) is 31.0 Å². The predicted octanol–water partition coefficient (Wildman–Crippen LogP) is 3.59. The molecule has 6 nitrogen and oxygen atoms in total. The van der Waals surface area contributed by atoms with Crippen LogP contribution in [0.4, 0.5) is 0 Å². The summed E-state index contributed by atoms with van der Waals surface area (Å²) in [4.78, 5) is 15.6. The van der Waals surface area contributed by atoms with E-state index in [9.17, 15) is 13.2 Å². The molecule has 1 heterocycles. The summed E-state index contributed by atoms with van der Waals surface area (Å²) in [5.41, 5.74) is 0.163. The summed E-state index contributed by atoms with van der Waals surface area (Å²) in [7, 11) is -2.57. The van der Waals surface area contributed by atoms with E-state index in [1.54, 1.807) is 5.38 Å². The number of halogens is 2. The number of carbonyl (C=O) groups excluding carboxylic acids is 1. The van der Waals surface area contributed by atoms with Gasteiger partial charge in [-0.15, -0.1) is 11.3 Å². The Hall–Kier alpha value is -1.19. The van der Waals surface area contributed by atoms with E-state index in [2.05, 4.69) is 9.72 Å². The minimum absolute atomic E-state index is 0.0293. The van der Waals surface area contributed by atoms with Crippen molar-refractivity contribution >= 4 is 50.5 Å². The van der Waals surface area contributed by atoms with Gasteiger partial charge in [-0.2, -0.15) is 4.31 Å². The highest BCUT2D eigenvalue weighted by Gasteiger charge is 2.39. The molecule has 0 bridgehead atoms. The summed E-state index contributed by atoms with van der Waals surface area (Å²) in [5.74, 6) is -0.554. The van der Waals surface area contributed by atoms with Gasteiger partial charge in [0.15, 0.2) is 5.69 Å². The predicted molar refractivity (Wildman–Crippen MR) is 95.7 cm³/mol. The molecular weight excluding hydrogens is 407 g/mol. The second-order valence-electron chi connectivity index (χ2n) is 5.47. The first-order valence-electron chi connectivity index (χ1n) is 7.32. The molecule has 0 spiro atoms. The Morgan fingerprint density at radius 3 is 2.76 bits per heavy atom. The van der Waals surface area contributed by atoms with E-state index in [0.29, 0.717) is 10.0 Å². The van der Waals surface area contributed by atoms with Crippen molar-refractivity contribution in [2.75, 3.05) is 7.11 Å². The molecule has 0 atom stereocenters. The van der Waals surface area contributed by atoms with Gasteiger partial charge in [-0.3, -0.25) is 0 Å². The van der Waals surface area contributed by atoms with Gasteiger partial charge in [0.2, 0.25) is 10.0 Å². The summed E-state index contributed by atoms with van der Waals surface area (Å²) in [6, 6.07) is 4.23. The number of hydrogen-bond acceptors (Lipinski definition) is 6. The maximum absolute atomic E-state index is 13.1. The van der Waals surface area contributed by atoms with Gasteiger partial charge < -0.3 is 4.74 Å². The van der Waals surface area contributed by atoms with Crippen LogP contribution in [0.15, 0.2) is 28.5 Å². The Kier molecular flexibility index (Phi) is 5.36. The number of thiazole rings is 1. The van der Waals surface area contributed by atoms with E-state index in [1.165, 1.54) is 41.0 Å². The molecule has 0 amide bonds. The van der Waals surface area contributed by atoms with Crippen molar-refractivity contribution < 1.29 is 17.9 Å². The third-order valence-corrected chi connectivity index (χ3v) is 7.12. The minimum atomic E-state index is -3.84. The molecule has 0 unspecified atom stereocenters. The zero-order chi connectivity index (χ0) is 18.2. The van der Waals surface area contributed by atoms with E-state index in [4.69, 9.17) is 23.2 Å². The second-order valence-corrected chi connectivity index (χ2v) is 9.12. The molecular formula is C15H14Cl2N2O4S2. The molecule has 1 aromatic carbocycles. The van der Waals surface area contributed by atoms with E-state index >= 15 is 0 Å². The van der Waals surface area contributed by atoms with E-state index in [0.717, 1.165) is 12.8 Å². The van der Waals surface area contributed by atoms with Gasteiger partial charge in [0, 0.05) is 16.4 Å². The van der Waals surface area contributed by atoms with Crippen molar-refractivity contribution in [1.29, 1.82) is 0 Å². The lowest BCUT2D eigenvalue weighted by Gasteiger charge is -2.21. The Morgan fingerprint density at radius 1 is 1.40 bits per heavy atom. The number of esters is 1. The number of sulfonamides is 1. The maximum Gasteiger partial charge on any atom is 0.357 e. The zero-order valence-electron chi connectivity index (χ0n) is 13.1. The minimum Gasteiger partial charge on any atom is -0.464 e. The summed E-state index contributed by atoms with van der Waals surface area (Å²) >= 11 is 13.2. The van der Waals surface area contributed by atoms with Crippen molar-refractivity contribution in [1.82, 2.24) is 9.29 Å². The number of carbonyl (C=O) groups is 1. The lowest BCUT2D eigenvalue weighted by Crippen LogP contribution is -2.33. The molecule has 1 aliphatic rings. The van der Waals surface area contributed by atoms with Crippen LogP contribution in [-0.2, 0) is 21.3 Å². The van der Waals surface area contributed by atoms with Gasteiger partial charge in [0.25, 0.3) is 0 Å². The van der Waals surface area contributed by atoms with Crippen molar-refractivity contribution in [2.45, 2.75) is 30.3 Å². The maximum atomic E-state index is 13.1. The van der Waals surface area contributed by atoms with Gasteiger partial charge >= 0.3 is 5.97 Å². The number of nitrogens with zero attached hydrogens (tertiary/aromatic N) is 2. The molecule has 0 saturated heterocycles. The average Bonchev–Trinajstić information content (AvgIpc) is 3.31. The van der Waals surface area contributed by atoms with Gasteiger partial charge in [-0.1, -0.05) is 23.2 Å². The number of hydrogen-bond donors (Lipinski definition) is 0. The third-order valence-electron chi connectivity index (χ3n) is 3.67. The van der Waals surface area contributed by atoms with Crippen molar-refractivity contribution in [3.05, 3.63) is 44.3 Å². The second kappa shape index (κ2) is 7.20. The molecule has 2 aromatic rings. The van der Waals surface area contributed by atoms with Crippen LogP contribution >= 0.6 is 34.5 Å². The number of methoxy groups -OCH3 is 1. The lowest BCUT2D eigenvalue weighted by molar-refractivity contribution is 0.0594. The molecule has 1 aliphatic carbocycles. The van der Waals surface area contributed by atoms with Crippen LogP contribution in [0.5, 0.6) is 0 Å². The van der Waals surface area contributed by atoms with Crippen LogP contribution < -0.4 is 0 Å².